The van der Waals surface area contributed by atoms with E-state index in [2.05, 4.69) is 26.7 Å². The maximum atomic E-state index is 9.04. The highest BCUT2D eigenvalue weighted by molar-refractivity contribution is 5.94. The number of aliphatic hydroxyl groups excluding tert-OH is 1. The predicted octanol–water partition coefficient (Wildman–Crippen LogP) is 3.09. The number of aryl methyl sites for hydroxylation is 1. The summed E-state index contributed by atoms with van der Waals surface area (Å²) in [7, 11) is 1.61. The Morgan fingerprint density at radius 1 is 1.17 bits per heavy atom. The van der Waals surface area contributed by atoms with Gasteiger partial charge >= 0.3 is 0 Å². The van der Waals surface area contributed by atoms with E-state index in [1.807, 2.05) is 37.3 Å². The topological polar surface area (TPSA) is 79.3 Å². The number of anilines is 3. The van der Waals surface area contributed by atoms with Crippen LogP contribution in [-0.4, -0.2) is 35.3 Å². The van der Waals surface area contributed by atoms with Crippen molar-refractivity contribution in [1.82, 2.24) is 9.97 Å². The first-order chi connectivity index (χ1) is 11.7. The molecule has 0 aliphatic heterocycles. The Bertz CT molecular complexity index is 852. The minimum absolute atomic E-state index is 0.0425. The molecule has 1 aromatic heterocycles. The van der Waals surface area contributed by atoms with Crippen molar-refractivity contribution in [3.8, 4) is 5.75 Å². The zero-order chi connectivity index (χ0) is 16.9. The lowest BCUT2D eigenvalue weighted by atomic mass is 10.1. The van der Waals surface area contributed by atoms with Crippen LogP contribution < -0.4 is 15.4 Å². The molecule has 0 amide bonds. The molecular formula is C18H20N4O2. The van der Waals surface area contributed by atoms with Gasteiger partial charge in [0.15, 0.2) is 0 Å². The van der Waals surface area contributed by atoms with Crippen molar-refractivity contribution >= 4 is 28.1 Å². The fourth-order valence-electron chi connectivity index (χ4n) is 2.54. The first kappa shape index (κ1) is 16.0. The molecule has 0 aliphatic rings. The first-order valence-corrected chi connectivity index (χ1v) is 7.72. The molecule has 3 aromatic rings. The van der Waals surface area contributed by atoms with Gasteiger partial charge in [0.1, 0.15) is 17.9 Å². The van der Waals surface area contributed by atoms with Gasteiger partial charge in [-0.1, -0.05) is 12.1 Å². The zero-order valence-corrected chi connectivity index (χ0v) is 13.7. The molecule has 3 N–H and O–H groups in total. The van der Waals surface area contributed by atoms with E-state index in [-0.39, 0.29) is 6.61 Å². The van der Waals surface area contributed by atoms with Gasteiger partial charge in [-0.25, -0.2) is 9.97 Å². The Morgan fingerprint density at radius 3 is 2.79 bits per heavy atom. The minimum atomic E-state index is 0.0425. The number of rotatable bonds is 6. The number of hydrogen-bond acceptors (Lipinski definition) is 6. The quantitative estimate of drug-likeness (QED) is 0.646. The van der Waals surface area contributed by atoms with E-state index in [1.54, 1.807) is 7.11 Å². The van der Waals surface area contributed by atoms with Crippen molar-refractivity contribution in [3.63, 3.8) is 0 Å². The Labute approximate surface area is 140 Å². The summed E-state index contributed by atoms with van der Waals surface area (Å²) in [4.78, 5) is 8.69. The molecule has 1 heterocycles. The van der Waals surface area contributed by atoms with Gasteiger partial charge in [0.25, 0.3) is 0 Å². The third-order valence-electron chi connectivity index (χ3n) is 3.66. The van der Waals surface area contributed by atoms with E-state index in [4.69, 9.17) is 9.84 Å². The van der Waals surface area contributed by atoms with Gasteiger partial charge in [-0.15, -0.1) is 0 Å². The second kappa shape index (κ2) is 7.14. The van der Waals surface area contributed by atoms with Crippen LogP contribution in [0.2, 0.25) is 0 Å². The zero-order valence-electron chi connectivity index (χ0n) is 13.7. The molecule has 3 rings (SSSR count). The minimum Gasteiger partial charge on any atom is -0.495 e. The molecule has 0 bridgehead atoms. The SMILES string of the molecule is COc1cc2ncnc(Nc3cccc(C)c3)c2cc1NCCO. The maximum Gasteiger partial charge on any atom is 0.144 e. The molecule has 0 saturated carbocycles. The number of ether oxygens (including phenoxy) is 1. The van der Waals surface area contributed by atoms with E-state index in [1.165, 1.54) is 11.9 Å². The van der Waals surface area contributed by atoms with E-state index < -0.39 is 0 Å². The van der Waals surface area contributed by atoms with E-state index in [0.29, 0.717) is 12.3 Å². The van der Waals surface area contributed by atoms with Gasteiger partial charge in [0.2, 0.25) is 0 Å². The summed E-state index contributed by atoms with van der Waals surface area (Å²) in [6, 6.07) is 11.9. The van der Waals surface area contributed by atoms with E-state index in [0.717, 1.165) is 28.1 Å². The largest absolute Gasteiger partial charge is 0.495 e. The number of benzene rings is 2. The lowest BCUT2D eigenvalue weighted by Gasteiger charge is -2.14. The van der Waals surface area contributed by atoms with Gasteiger partial charge in [0.05, 0.1) is 24.9 Å². The molecule has 6 heteroatoms. The van der Waals surface area contributed by atoms with Crippen LogP contribution in [0, 0.1) is 6.92 Å². The normalized spacial score (nSPS) is 10.6. The van der Waals surface area contributed by atoms with Gasteiger partial charge in [-0.2, -0.15) is 0 Å². The third-order valence-corrected chi connectivity index (χ3v) is 3.66. The number of aliphatic hydroxyl groups is 1. The summed E-state index contributed by atoms with van der Waals surface area (Å²) < 4.78 is 5.40. The van der Waals surface area contributed by atoms with Gasteiger partial charge in [-0.3, -0.25) is 0 Å². The number of nitrogens with one attached hydrogen (secondary N) is 2. The molecule has 0 atom stereocenters. The van der Waals surface area contributed by atoms with Gasteiger partial charge in [0, 0.05) is 23.7 Å². The monoisotopic (exact) mass is 324 g/mol. The number of hydrogen-bond donors (Lipinski definition) is 3. The van der Waals surface area contributed by atoms with Crippen LogP contribution in [0.25, 0.3) is 10.9 Å². The molecule has 0 fully saturated rings. The number of aromatic nitrogens is 2. The van der Waals surface area contributed by atoms with Crippen LogP contribution >= 0.6 is 0 Å². The third kappa shape index (κ3) is 3.38. The molecule has 0 aliphatic carbocycles. The van der Waals surface area contributed by atoms with Crippen molar-refractivity contribution in [2.45, 2.75) is 6.92 Å². The standard InChI is InChI=1S/C18H20N4O2/c1-12-4-3-5-13(8-12)22-18-14-9-16(19-6-7-23)17(24-2)10-15(14)20-11-21-18/h3-5,8-11,19,23H,6-7H2,1-2H3,(H,20,21,22). The van der Waals surface area contributed by atoms with Gasteiger partial charge in [-0.05, 0) is 30.7 Å². The molecular weight excluding hydrogens is 304 g/mol. The second-order valence-corrected chi connectivity index (χ2v) is 5.44. The van der Waals surface area contributed by atoms with Gasteiger partial charge < -0.3 is 20.5 Å². The first-order valence-electron chi connectivity index (χ1n) is 7.72. The summed E-state index contributed by atoms with van der Waals surface area (Å²) in [6.45, 7) is 2.53. The second-order valence-electron chi connectivity index (χ2n) is 5.44. The highest BCUT2D eigenvalue weighted by atomic mass is 16.5. The average molecular weight is 324 g/mol. The van der Waals surface area contributed by atoms with Crippen LogP contribution in [0.4, 0.5) is 17.2 Å². The Balaban J connectivity index is 2.04. The highest BCUT2D eigenvalue weighted by Gasteiger charge is 2.10. The molecule has 0 saturated heterocycles. The summed E-state index contributed by atoms with van der Waals surface area (Å²) >= 11 is 0. The lowest BCUT2D eigenvalue weighted by molar-refractivity contribution is 0.311. The number of nitrogens with zero attached hydrogens (tertiary/aromatic N) is 2. The Morgan fingerprint density at radius 2 is 2.04 bits per heavy atom. The van der Waals surface area contributed by atoms with E-state index in [9.17, 15) is 0 Å². The van der Waals surface area contributed by atoms with Crippen LogP contribution in [0.1, 0.15) is 5.56 Å². The molecule has 2 aromatic carbocycles. The molecule has 6 nitrogen and oxygen atoms in total. The fraction of sp³-hybridized carbons (Fsp3) is 0.222. The predicted molar refractivity (Wildman–Crippen MR) is 96.1 cm³/mol. The Hall–Kier alpha value is -2.86. The summed E-state index contributed by atoms with van der Waals surface area (Å²) in [5.41, 5.74) is 3.72. The molecule has 24 heavy (non-hydrogen) atoms. The van der Waals surface area contributed by atoms with Crippen molar-refractivity contribution in [1.29, 1.82) is 0 Å². The van der Waals surface area contributed by atoms with Crippen LogP contribution in [-0.2, 0) is 0 Å². The fourth-order valence-corrected chi connectivity index (χ4v) is 2.54. The van der Waals surface area contributed by atoms with Crippen molar-refractivity contribution in [2.75, 3.05) is 30.9 Å². The van der Waals surface area contributed by atoms with Crippen LogP contribution in [0.3, 0.4) is 0 Å². The number of methoxy groups -OCH3 is 1. The molecule has 0 radical (unpaired) electrons. The molecule has 124 valence electrons. The van der Waals surface area contributed by atoms with Crippen LogP contribution in [0.15, 0.2) is 42.7 Å². The average Bonchev–Trinajstić information content (AvgIpc) is 2.59. The maximum absolute atomic E-state index is 9.04. The van der Waals surface area contributed by atoms with Crippen LogP contribution in [0.5, 0.6) is 5.75 Å². The summed E-state index contributed by atoms with van der Waals surface area (Å²) in [6.07, 6.45) is 1.53. The van der Waals surface area contributed by atoms with Crippen molar-refractivity contribution < 1.29 is 9.84 Å². The lowest BCUT2D eigenvalue weighted by Crippen LogP contribution is -2.07. The van der Waals surface area contributed by atoms with Crippen molar-refractivity contribution in [2.24, 2.45) is 0 Å². The molecule has 0 unspecified atom stereocenters. The summed E-state index contributed by atoms with van der Waals surface area (Å²) in [5, 5.41) is 16.4. The Kier molecular flexibility index (Phi) is 4.77. The summed E-state index contributed by atoms with van der Waals surface area (Å²) in [5.74, 6) is 1.40. The van der Waals surface area contributed by atoms with Crippen molar-refractivity contribution in [3.05, 3.63) is 48.3 Å². The smallest absolute Gasteiger partial charge is 0.144 e. The molecule has 0 spiro atoms. The number of fused-ring (bicyclic) bond motifs is 1. The highest BCUT2D eigenvalue weighted by Crippen LogP contribution is 2.32. The van der Waals surface area contributed by atoms with E-state index >= 15 is 0 Å².